The molecule has 2 heterocycles. The summed E-state index contributed by atoms with van der Waals surface area (Å²) in [5.41, 5.74) is 3.57. The molecule has 0 aliphatic heterocycles. The van der Waals surface area contributed by atoms with Crippen molar-refractivity contribution in [3.63, 3.8) is 0 Å². The van der Waals surface area contributed by atoms with Gasteiger partial charge in [-0.1, -0.05) is 0 Å². The highest BCUT2D eigenvalue weighted by Crippen LogP contribution is 2.19. The summed E-state index contributed by atoms with van der Waals surface area (Å²) < 4.78 is 2.08. The van der Waals surface area contributed by atoms with Gasteiger partial charge in [0.05, 0.1) is 17.6 Å². The molecule has 0 saturated heterocycles. The van der Waals surface area contributed by atoms with Crippen LogP contribution in [0.15, 0.2) is 18.3 Å². The lowest BCUT2D eigenvalue weighted by molar-refractivity contribution is 0.0991. The van der Waals surface area contributed by atoms with E-state index in [1.54, 1.807) is 13.1 Å². The number of aromatic nitrogens is 3. The van der Waals surface area contributed by atoms with Gasteiger partial charge in [0.15, 0.2) is 5.78 Å². The number of ketones is 1. The van der Waals surface area contributed by atoms with E-state index in [-0.39, 0.29) is 5.78 Å². The van der Waals surface area contributed by atoms with Crippen LogP contribution in [-0.2, 0) is 6.54 Å². The quantitative estimate of drug-likeness (QED) is 0.642. The fourth-order valence-corrected chi connectivity index (χ4v) is 2.38. The van der Waals surface area contributed by atoms with Crippen LogP contribution in [0.2, 0.25) is 0 Å². The maximum atomic E-state index is 12.1. The number of carbonyl (C=O) groups is 1. The summed E-state index contributed by atoms with van der Waals surface area (Å²) in [6.07, 6.45) is 1.75. The number of nitrogens with zero attached hydrogens (tertiary/aromatic N) is 3. The Labute approximate surface area is 123 Å². The molecule has 20 heavy (non-hydrogen) atoms. The number of rotatable bonds is 4. The number of aryl methyl sites for hydroxylation is 2. The first-order valence-corrected chi connectivity index (χ1v) is 6.97. The van der Waals surface area contributed by atoms with E-state index in [0.717, 1.165) is 22.9 Å². The summed E-state index contributed by atoms with van der Waals surface area (Å²) >= 11 is 5.90. The minimum absolute atomic E-state index is 0.0371. The minimum atomic E-state index is -0.509. The van der Waals surface area contributed by atoms with Gasteiger partial charge in [0.2, 0.25) is 0 Å². The Morgan fingerprint density at radius 1 is 1.40 bits per heavy atom. The van der Waals surface area contributed by atoms with Gasteiger partial charge in [0, 0.05) is 23.1 Å². The Balaban J connectivity index is 2.36. The molecule has 2 aromatic rings. The molecule has 2 aromatic heterocycles. The second-order valence-electron chi connectivity index (χ2n) is 4.95. The topological polar surface area (TPSA) is 47.8 Å². The average Bonchev–Trinajstić information content (AvgIpc) is 2.66. The molecular formula is C15H18ClN3O. The lowest BCUT2D eigenvalue weighted by Gasteiger charge is -2.10. The number of carbonyl (C=O) groups excluding carboxylic acids is 1. The molecule has 106 valence electrons. The van der Waals surface area contributed by atoms with E-state index in [1.807, 2.05) is 32.9 Å². The van der Waals surface area contributed by atoms with Crippen LogP contribution in [0, 0.1) is 20.8 Å². The van der Waals surface area contributed by atoms with Crippen LogP contribution < -0.4 is 0 Å². The van der Waals surface area contributed by atoms with E-state index in [0.29, 0.717) is 12.1 Å². The van der Waals surface area contributed by atoms with Crippen LogP contribution in [-0.4, -0.2) is 25.7 Å². The van der Waals surface area contributed by atoms with E-state index in [4.69, 9.17) is 11.6 Å². The SMILES string of the molecule is Cc1nccc(Cn2c(C)cc(C(=O)C(C)Cl)c2C)n1. The van der Waals surface area contributed by atoms with Crippen LogP contribution >= 0.6 is 11.6 Å². The second kappa shape index (κ2) is 5.75. The van der Waals surface area contributed by atoms with Crippen molar-refractivity contribution in [2.75, 3.05) is 0 Å². The van der Waals surface area contributed by atoms with Gasteiger partial charge in [-0.15, -0.1) is 11.6 Å². The van der Waals surface area contributed by atoms with Gasteiger partial charge in [0.1, 0.15) is 5.82 Å². The molecule has 0 aliphatic carbocycles. The largest absolute Gasteiger partial charge is 0.343 e. The van der Waals surface area contributed by atoms with Crippen molar-refractivity contribution in [3.05, 3.63) is 46.8 Å². The van der Waals surface area contributed by atoms with Crippen molar-refractivity contribution in [3.8, 4) is 0 Å². The Hall–Kier alpha value is -1.68. The highest BCUT2D eigenvalue weighted by molar-refractivity contribution is 6.33. The molecule has 0 aliphatic rings. The van der Waals surface area contributed by atoms with Crippen molar-refractivity contribution in [2.45, 2.75) is 39.6 Å². The highest BCUT2D eigenvalue weighted by atomic mass is 35.5. The molecule has 0 radical (unpaired) electrons. The summed E-state index contributed by atoms with van der Waals surface area (Å²) in [5, 5.41) is -0.509. The third kappa shape index (κ3) is 2.90. The number of hydrogen-bond acceptors (Lipinski definition) is 3. The fourth-order valence-electron chi connectivity index (χ4n) is 2.26. The van der Waals surface area contributed by atoms with Crippen molar-refractivity contribution in [2.24, 2.45) is 0 Å². The zero-order valence-electron chi connectivity index (χ0n) is 12.1. The lowest BCUT2D eigenvalue weighted by atomic mass is 10.1. The molecule has 5 heteroatoms. The lowest BCUT2D eigenvalue weighted by Crippen LogP contribution is -2.12. The summed E-state index contributed by atoms with van der Waals surface area (Å²) in [4.78, 5) is 20.6. The van der Waals surface area contributed by atoms with Crippen LogP contribution in [0.5, 0.6) is 0 Å². The molecule has 0 spiro atoms. The molecule has 0 amide bonds. The van der Waals surface area contributed by atoms with E-state index in [2.05, 4.69) is 14.5 Å². The second-order valence-corrected chi connectivity index (χ2v) is 5.60. The van der Waals surface area contributed by atoms with Crippen molar-refractivity contribution in [1.82, 2.24) is 14.5 Å². The van der Waals surface area contributed by atoms with E-state index in [1.165, 1.54) is 0 Å². The molecule has 2 rings (SSSR count). The number of alkyl halides is 1. The predicted molar refractivity (Wildman–Crippen MR) is 79.4 cm³/mol. The Bertz CT molecular complexity index is 647. The molecular weight excluding hydrogens is 274 g/mol. The van der Waals surface area contributed by atoms with E-state index in [9.17, 15) is 4.79 Å². The molecule has 0 N–H and O–H groups in total. The maximum Gasteiger partial charge on any atom is 0.182 e. The van der Waals surface area contributed by atoms with Crippen LogP contribution in [0.3, 0.4) is 0 Å². The number of Topliss-reactive ketones (excluding diaryl/α,β-unsaturated/α-hetero) is 1. The normalized spacial score (nSPS) is 12.4. The van der Waals surface area contributed by atoms with Gasteiger partial charge in [-0.25, -0.2) is 9.97 Å². The summed E-state index contributed by atoms with van der Waals surface area (Å²) in [6, 6.07) is 3.78. The van der Waals surface area contributed by atoms with E-state index < -0.39 is 5.38 Å². The van der Waals surface area contributed by atoms with Crippen LogP contribution in [0.4, 0.5) is 0 Å². The van der Waals surface area contributed by atoms with E-state index >= 15 is 0 Å². The first kappa shape index (κ1) is 14.7. The monoisotopic (exact) mass is 291 g/mol. The zero-order valence-corrected chi connectivity index (χ0v) is 12.9. The maximum absolute atomic E-state index is 12.1. The van der Waals surface area contributed by atoms with Gasteiger partial charge in [-0.05, 0) is 39.8 Å². The standard InChI is InChI=1S/C15H18ClN3O/c1-9-7-14(15(20)10(2)16)11(3)19(9)8-13-5-6-17-12(4)18-13/h5-7,10H,8H2,1-4H3. The summed E-state index contributed by atoms with van der Waals surface area (Å²) in [6.45, 7) is 8.11. The molecule has 1 unspecified atom stereocenters. The average molecular weight is 292 g/mol. The highest BCUT2D eigenvalue weighted by Gasteiger charge is 2.19. The first-order chi connectivity index (χ1) is 9.40. The predicted octanol–water partition coefficient (Wildman–Crippen LogP) is 3.06. The Morgan fingerprint density at radius 3 is 2.70 bits per heavy atom. The van der Waals surface area contributed by atoms with Crippen molar-refractivity contribution in [1.29, 1.82) is 0 Å². The van der Waals surface area contributed by atoms with Gasteiger partial charge in [-0.2, -0.15) is 0 Å². The minimum Gasteiger partial charge on any atom is -0.343 e. The number of hydrogen-bond donors (Lipinski definition) is 0. The summed E-state index contributed by atoms with van der Waals surface area (Å²) in [5.74, 6) is 0.709. The molecule has 1 atom stereocenters. The number of halogens is 1. The first-order valence-electron chi connectivity index (χ1n) is 6.53. The smallest absolute Gasteiger partial charge is 0.182 e. The van der Waals surface area contributed by atoms with Gasteiger partial charge in [-0.3, -0.25) is 4.79 Å². The Kier molecular flexibility index (Phi) is 4.23. The van der Waals surface area contributed by atoms with Gasteiger partial charge >= 0.3 is 0 Å². The Morgan fingerprint density at radius 2 is 2.10 bits per heavy atom. The van der Waals surface area contributed by atoms with Crippen LogP contribution in [0.1, 0.15) is 40.2 Å². The zero-order chi connectivity index (χ0) is 14.9. The molecule has 0 bridgehead atoms. The third-order valence-corrected chi connectivity index (χ3v) is 3.55. The molecule has 0 fully saturated rings. The van der Waals surface area contributed by atoms with Crippen molar-refractivity contribution < 1.29 is 4.79 Å². The molecule has 4 nitrogen and oxygen atoms in total. The molecule has 0 saturated carbocycles. The van der Waals surface area contributed by atoms with Gasteiger partial charge in [0.25, 0.3) is 0 Å². The molecule has 0 aromatic carbocycles. The third-order valence-electron chi connectivity index (χ3n) is 3.35. The van der Waals surface area contributed by atoms with Gasteiger partial charge < -0.3 is 4.57 Å². The fraction of sp³-hybridized carbons (Fsp3) is 0.400. The van der Waals surface area contributed by atoms with Crippen LogP contribution in [0.25, 0.3) is 0 Å². The summed E-state index contributed by atoms with van der Waals surface area (Å²) in [7, 11) is 0. The van der Waals surface area contributed by atoms with Crippen molar-refractivity contribution >= 4 is 17.4 Å².